The lowest BCUT2D eigenvalue weighted by Gasteiger charge is -2.16. The van der Waals surface area contributed by atoms with Gasteiger partial charge in [-0.3, -0.25) is 4.79 Å². The summed E-state index contributed by atoms with van der Waals surface area (Å²) in [6, 6.07) is 13.1. The Morgan fingerprint density at radius 1 is 1.14 bits per heavy atom. The molecule has 0 heterocycles. The van der Waals surface area contributed by atoms with Crippen LogP contribution in [0.3, 0.4) is 0 Å². The molecule has 0 unspecified atom stereocenters. The molecule has 4 nitrogen and oxygen atoms in total. The average Bonchev–Trinajstić information content (AvgIpc) is 2.49. The molecule has 0 aliphatic heterocycles. The highest BCUT2D eigenvalue weighted by molar-refractivity contribution is 6.04. The number of nitrogens with zero attached hydrogens (tertiary/aromatic N) is 1. The molecule has 0 radical (unpaired) electrons. The number of aryl methyl sites for hydroxylation is 1. The van der Waals surface area contributed by atoms with Crippen LogP contribution in [0.5, 0.6) is 5.75 Å². The van der Waals surface area contributed by atoms with E-state index in [0.29, 0.717) is 12.2 Å². The topological polar surface area (TPSA) is 41.6 Å². The maximum atomic E-state index is 12.3. The second-order valence-electron chi connectivity index (χ2n) is 5.31. The zero-order valence-electron chi connectivity index (χ0n) is 13.5. The molecule has 22 heavy (non-hydrogen) atoms. The first-order valence-corrected chi connectivity index (χ1v) is 7.33. The first-order valence-electron chi connectivity index (χ1n) is 7.33. The van der Waals surface area contributed by atoms with Gasteiger partial charge < -0.3 is 15.0 Å². The number of ether oxygens (including phenoxy) is 1. The van der Waals surface area contributed by atoms with E-state index < -0.39 is 0 Å². The van der Waals surface area contributed by atoms with Crippen molar-refractivity contribution in [3.8, 4) is 5.75 Å². The third-order valence-electron chi connectivity index (χ3n) is 3.36. The lowest BCUT2D eigenvalue weighted by atomic mass is 10.1. The van der Waals surface area contributed by atoms with Gasteiger partial charge in [0, 0.05) is 31.0 Å². The van der Waals surface area contributed by atoms with Crippen molar-refractivity contribution in [3.63, 3.8) is 0 Å². The molecule has 2 aromatic rings. The minimum absolute atomic E-state index is 0.113. The molecule has 0 aliphatic rings. The zero-order valence-corrected chi connectivity index (χ0v) is 13.5. The van der Waals surface area contributed by atoms with Gasteiger partial charge in [-0.15, -0.1) is 0 Å². The fourth-order valence-electron chi connectivity index (χ4n) is 2.30. The Hall–Kier alpha value is -2.49. The predicted molar refractivity (Wildman–Crippen MR) is 91.1 cm³/mol. The molecule has 0 fully saturated rings. The Morgan fingerprint density at radius 2 is 1.82 bits per heavy atom. The van der Waals surface area contributed by atoms with Crippen LogP contribution in [0.15, 0.2) is 42.5 Å². The van der Waals surface area contributed by atoms with Crippen LogP contribution in [0, 0.1) is 6.92 Å². The van der Waals surface area contributed by atoms with Crippen molar-refractivity contribution < 1.29 is 9.53 Å². The molecule has 0 aromatic heterocycles. The maximum absolute atomic E-state index is 12.3. The van der Waals surface area contributed by atoms with E-state index in [0.717, 1.165) is 22.7 Å². The Balaban J connectivity index is 2.10. The molecule has 2 rings (SSSR count). The number of anilines is 2. The van der Waals surface area contributed by atoms with Crippen LogP contribution in [0.2, 0.25) is 0 Å². The van der Waals surface area contributed by atoms with Crippen molar-refractivity contribution >= 4 is 17.3 Å². The van der Waals surface area contributed by atoms with E-state index in [1.807, 2.05) is 75.3 Å². The third kappa shape index (κ3) is 3.79. The van der Waals surface area contributed by atoms with Crippen molar-refractivity contribution in [1.82, 2.24) is 0 Å². The summed E-state index contributed by atoms with van der Waals surface area (Å²) in [5, 5.41) is 2.90. The van der Waals surface area contributed by atoms with Gasteiger partial charge in [-0.05, 0) is 61.9 Å². The van der Waals surface area contributed by atoms with Crippen LogP contribution >= 0.6 is 0 Å². The van der Waals surface area contributed by atoms with Crippen molar-refractivity contribution in [1.29, 1.82) is 0 Å². The molecule has 0 bridgehead atoms. The first kappa shape index (κ1) is 15.9. The third-order valence-corrected chi connectivity index (χ3v) is 3.36. The molecule has 0 atom stereocenters. The van der Waals surface area contributed by atoms with E-state index in [4.69, 9.17) is 4.74 Å². The summed E-state index contributed by atoms with van der Waals surface area (Å²) in [5.74, 6) is 0.684. The van der Waals surface area contributed by atoms with Gasteiger partial charge in [0.2, 0.25) is 0 Å². The van der Waals surface area contributed by atoms with Gasteiger partial charge in [0.1, 0.15) is 5.75 Å². The van der Waals surface area contributed by atoms with Gasteiger partial charge >= 0.3 is 0 Å². The maximum Gasteiger partial charge on any atom is 0.255 e. The van der Waals surface area contributed by atoms with Crippen molar-refractivity contribution in [3.05, 3.63) is 53.6 Å². The fraction of sp³-hybridized carbons (Fsp3) is 0.278. The minimum Gasteiger partial charge on any atom is -0.494 e. The Labute approximate surface area is 131 Å². The van der Waals surface area contributed by atoms with Crippen LogP contribution in [0.25, 0.3) is 0 Å². The normalized spacial score (nSPS) is 10.2. The van der Waals surface area contributed by atoms with Crippen molar-refractivity contribution in [2.45, 2.75) is 13.8 Å². The van der Waals surface area contributed by atoms with Gasteiger partial charge in [0.15, 0.2) is 0 Å². The lowest BCUT2D eigenvalue weighted by molar-refractivity contribution is 0.102. The highest BCUT2D eigenvalue weighted by atomic mass is 16.5. The van der Waals surface area contributed by atoms with Crippen LogP contribution in [0.1, 0.15) is 22.8 Å². The van der Waals surface area contributed by atoms with Gasteiger partial charge in [0.05, 0.1) is 6.61 Å². The van der Waals surface area contributed by atoms with Crippen LogP contribution < -0.4 is 15.0 Å². The lowest BCUT2D eigenvalue weighted by Crippen LogP contribution is -2.14. The van der Waals surface area contributed by atoms with Crippen molar-refractivity contribution in [2.75, 3.05) is 30.9 Å². The largest absolute Gasteiger partial charge is 0.494 e. The van der Waals surface area contributed by atoms with Gasteiger partial charge in [-0.2, -0.15) is 0 Å². The second kappa shape index (κ2) is 6.98. The SMILES string of the molecule is CCOc1ccc(NC(=O)c2ccc(N(C)C)c(C)c2)cc1. The summed E-state index contributed by atoms with van der Waals surface area (Å²) in [6.45, 7) is 4.57. The summed E-state index contributed by atoms with van der Waals surface area (Å²) >= 11 is 0. The molecule has 0 aliphatic carbocycles. The molecule has 116 valence electrons. The average molecular weight is 298 g/mol. The summed E-state index contributed by atoms with van der Waals surface area (Å²) in [4.78, 5) is 14.3. The van der Waals surface area contributed by atoms with Gasteiger partial charge in [0.25, 0.3) is 5.91 Å². The highest BCUT2D eigenvalue weighted by Crippen LogP contribution is 2.20. The number of amides is 1. The van der Waals surface area contributed by atoms with E-state index in [1.54, 1.807) is 0 Å². The van der Waals surface area contributed by atoms with E-state index >= 15 is 0 Å². The van der Waals surface area contributed by atoms with Crippen LogP contribution in [-0.2, 0) is 0 Å². The standard InChI is InChI=1S/C18H22N2O2/c1-5-22-16-9-7-15(8-10-16)19-18(21)14-6-11-17(20(3)4)13(2)12-14/h6-12H,5H2,1-4H3,(H,19,21). The smallest absolute Gasteiger partial charge is 0.255 e. The summed E-state index contributed by atoms with van der Waals surface area (Å²) in [6.07, 6.45) is 0. The number of carbonyl (C=O) groups is 1. The molecule has 4 heteroatoms. The number of hydrogen-bond donors (Lipinski definition) is 1. The monoisotopic (exact) mass is 298 g/mol. The minimum atomic E-state index is -0.113. The van der Waals surface area contributed by atoms with Crippen molar-refractivity contribution in [2.24, 2.45) is 0 Å². The molecular weight excluding hydrogens is 276 g/mol. The number of nitrogens with one attached hydrogen (secondary N) is 1. The van der Waals surface area contributed by atoms with E-state index in [-0.39, 0.29) is 5.91 Å². The number of rotatable bonds is 5. The number of hydrogen-bond acceptors (Lipinski definition) is 3. The second-order valence-corrected chi connectivity index (χ2v) is 5.31. The number of carbonyl (C=O) groups excluding carboxylic acids is 1. The van der Waals surface area contributed by atoms with Crippen LogP contribution in [0.4, 0.5) is 11.4 Å². The first-order chi connectivity index (χ1) is 10.5. The number of benzene rings is 2. The Kier molecular flexibility index (Phi) is 5.04. The fourth-order valence-corrected chi connectivity index (χ4v) is 2.30. The molecular formula is C18H22N2O2. The zero-order chi connectivity index (χ0) is 16.1. The van der Waals surface area contributed by atoms with Gasteiger partial charge in [-0.25, -0.2) is 0 Å². The molecule has 0 spiro atoms. The quantitative estimate of drug-likeness (QED) is 0.915. The van der Waals surface area contributed by atoms with E-state index in [9.17, 15) is 4.79 Å². The summed E-state index contributed by atoms with van der Waals surface area (Å²) in [5.41, 5.74) is 3.58. The Morgan fingerprint density at radius 3 is 2.36 bits per heavy atom. The van der Waals surface area contributed by atoms with E-state index in [2.05, 4.69) is 5.32 Å². The molecule has 0 saturated heterocycles. The van der Waals surface area contributed by atoms with Crippen LogP contribution in [-0.4, -0.2) is 26.6 Å². The predicted octanol–water partition coefficient (Wildman–Crippen LogP) is 3.71. The summed E-state index contributed by atoms with van der Waals surface area (Å²) in [7, 11) is 3.98. The summed E-state index contributed by atoms with van der Waals surface area (Å²) < 4.78 is 5.38. The van der Waals surface area contributed by atoms with Gasteiger partial charge in [-0.1, -0.05) is 0 Å². The molecule has 1 amide bonds. The molecule has 0 saturated carbocycles. The highest BCUT2D eigenvalue weighted by Gasteiger charge is 2.09. The molecule has 2 aromatic carbocycles. The Bertz CT molecular complexity index is 649. The molecule has 1 N–H and O–H groups in total. The van der Waals surface area contributed by atoms with E-state index in [1.165, 1.54) is 0 Å².